The molecule has 0 aromatic carbocycles. The summed E-state index contributed by atoms with van der Waals surface area (Å²) in [5, 5.41) is 0. The average Bonchev–Trinajstić information content (AvgIpc) is 2.03. The molecule has 76 valence electrons. The summed E-state index contributed by atoms with van der Waals surface area (Å²) in [5.74, 6) is 1.24. The Kier molecular flexibility index (Phi) is 4.04. The minimum Gasteiger partial charge on any atom is -0.449 e. The lowest BCUT2D eigenvalue weighted by Gasteiger charge is -2.29. The summed E-state index contributed by atoms with van der Waals surface area (Å²) in [7, 11) is 0. The Hall–Kier alpha value is -0.240. The smallest absolute Gasteiger partial charge is 0.310 e. The zero-order valence-corrected chi connectivity index (χ0v) is 9.01. The topological polar surface area (TPSA) is 26.3 Å². The predicted molar refractivity (Wildman–Crippen MR) is 52.5 cm³/mol. The number of halogens is 1. The molecule has 0 saturated heterocycles. The second kappa shape index (κ2) is 4.85. The third-order valence-corrected chi connectivity index (χ3v) is 2.82. The Bertz CT molecular complexity index is 172. The first kappa shape index (κ1) is 10.8. The first-order valence-electron chi connectivity index (χ1n) is 4.86. The lowest BCUT2D eigenvalue weighted by atomic mass is 9.77. The van der Waals surface area contributed by atoms with E-state index >= 15 is 0 Å². The van der Waals surface area contributed by atoms with Crippen LogP contribution in [-0.2, 0) is 9.53 Å². The summed E-state index contributed by atoms with van der Waals surface area (Å²) in [6.07, 6.45) is 3.14. The van der Waals surface area contributed by atoms with Gasteiger partial charge < -0.3 is 4.74 Å². The lowest BCUT2D eigenvalue weighted by molar-refractivity contribution is -0.148. The fraction of sp³-hybridized carbons (Fsp3) is 0.900. The molecule has 0 aromatic heterocycles. The van der Waals surface area contributed by atoms with Crippen molar-refractivity contribution >= 4 is 17.6 Å². The number of ether oxygens (including phenoxy) is 1. The van der Waals surface area contributed by atoms with Crippen molar-refractivity contribution in [3.8, 4) is 0 Å². The molecule has 13 heavy (non-hydrogen) atoms. The highest BCUT2D eigenvalue weighted by Crippen LogP contribution is 2.33. The maximum Gasteiger partial charge on any atom is 0.310 e. The zero-order valence-electron chi connectivity index (χ0n) is 8.25. The Labute approximate surface area is 84.6 Å². The van der Waals surface area contributed by atoms with Crippen molar-refractivity contribution < 1.29 is 9.53 Å². The van der Waals surface area contributed by atoms with Crippen molar-refractivity contribution in [3.63, 3.8) is 0 Å². The molecule has 0 spiro atoms. The van der Waals surface area contributed by atoms with Crippen molar-refractivity contribution in [1.82, 2.24) is 0 Å². The van der Waals surface area contributed by atoms with E-state index < -0.39 is 0 Å². The van der Waals surface area contributed by atoms with Gasteiger partial charge in [0.1, 0.15) is 0 Å². The van der Waals surface area contributed by atoms with Gasteiger partial charge in [0.15, 0.2) is 6.07 Å². The molecule has 1 fully saturated rings. The standard InChI is InChI=1S/C10H17ClO2/c1-7-3-8(2)5-9(4-7)10(12)13-6-11/h7-9H,3-6H2,1-2H3. The van der Waals surface area contributed by atoms with Crippen LogP contribution in [0.25, 0.3) is 0 Å². The van der Waals surface area contributed by atoms with Gasteiger partial charge in [-0.2, -0.15) is 0 Å². The van der Waals surface area contributed by atoms with E-state index in [1.54, 1.807) is 0 Å². The number of rotatable bonds is 2. The number of alkyl halides is 1. The number of hydrogen-bond acceptors (Lipinski definition) is 2. The SMILES string of the molecule is CC1CC(C)CC(C(=O)OCCl)C1. The molecule has 1 aliphatic rings. The molecule has 0 heterocycles. The van der Waals surface area contributed by atoms with Crippen LogP contribution in [-0.4, -0.2) is 12.0 Å². The van der Waals surface area contributed by atoms with Gasteiger partial charge in [-0.1, -0.05) is 25.4 Å². The zero-order chi connectivity index (χ0) is 9.84. The highest BCUT2D eigenvalue weighted by atomic mass is 35.5. The average molecular weight is 205 g/mol. The number of esters is 1. The molecule has 2 nitrogen and oxygen atoms in total. The summed E-state index contributed by atoms with van der Waals surface area (Å²) < 4.78 is 4.80. The Morgan fingerprint density at radius 2 is 1.85 bits per heavy atom. The molecule has 0 aliphatic heterocycles. The molecule has 2 unspecified atom stereocenters. The first-order chi connectivity index (χ1) is 6.13. The Morgan fingerprint density at radius 3 is 2.31 bits per heavy atom. The van der Waals surface area contributed by atoms with Gasteiger partial charge in [0.05, 0.1) is 5.92 Å². The van der Waals surface area contributed by atoms with Crippen LogP contribution >= 0.6 is 11.6 Å². The van der Waals surface area contributed by atoms with E-state index in [0.717, 1.165) is 12.8 Å². The van der Waals surface area contributed by atoms with E-state index in [1.807, 2.05) is 0 Å². The van der Waals surface area contributed by atoms with Gasteiger partial charge in [-0.25, -0.2) is 0 Å². The van der Waals surface area contributed by atoms with Crippen LogP contribution in [0.4, 0.5) is 0 Å². The Morgan fingerprint density at radius 1 is 1.31 bits per heavy atom. The van der Waals surface area contributed by atoms with Crippen molar-refractivity contribution in [2.45, 2.75) is 33.1 Å². The van der Waals surface area contributed by atoms with Crippen LogP contribution in [0.5, 0.6) is 0 Å². The van der Waals surface area contributed by atoms with E-state index in [2.05, 4.69) is 13.8 Å². The molecule has 0 amide bonds. The van der Waals surface area contributed by atoms with Gasteiger partial charge in [-0.05, 0) is 31.1 Å². The third-order valence-electron chi connectivity index (χ3n) is 2.71. The minimum atomic E-state index is -0.117. The largest absolute Gasteiger partial charge is 0.449 e. The summed E-state index contributed by atoms with van der Waals surface area (Å²) in [4.78, 5) is 11.4. The second-order valence-corrected chi connectivity index (χ2v) is 4.41. The van der Waals surface area contributed by atoms with Gasteiger partial charge in [0, 0.05) is 0 Å². The van der Waals surface area contributed by atoms with Crippen LogP contribution in [0.3, 0.4) is 0 Å². The number of carbonyl (C=O) groups excluding carboxylic acids is 1. The first-order valence-corrected chi connectivity index (χ1v) is 5.39. The molecular formula is C10H17ClO2. The van der Waals surface area contributed by atoms with Crippen molar-refractivity contribution in [1.29, 1.82) is 0 Å². The molecule has 3 heteroatoms. The van der Waals surface area contributed by atoms with Crippen LogP contribution in [0.2, 0.25) is 0 Å². The van der Waals surface area contributed by atoms with Gasteiger partial charge >= 0.3 is 5.97 Å². The van der Waals surface area contributed by atoms with Gasteiger partial charge in [0.2, 0.25) is 0 Å². The van der Waals surface area contributed by atoms with E-state index in [1.165, 1.54) is 6.42 Å². The van der Waals surface area contributed by atoms with Crippen molar-refractivity contribution in [2.24, 2.45) is 17.8 Å². The van der Waals surface area contributed by atoms with Crippen molar-refractivity contribution in [3.05, 3.63) is 0 Å². The summed E-state index contributed by atoms with van der Waals surface area (Å²) in [5.41, 5.74) is 0. The normalized spacial score (nSPS) is 34.2. The molecule has 0 N–H and O–H groups in total. The fourth-order valence-corrected chi connectivity index (χ4v) is 2.42. The van der Waals surface area contributed by atoms with E-state index in [0.29, 0.717) is 11.8 Å². The van der Waals surface area contributed by atoms with Gasteiger partial charge in [0.25, 0.3) is 0 Å². The maximum atomic E-state index is 11.4. The fourth-order valence-electron chi connectivity index (χ4n) is 2.31. The molecule has 2 atom stereocenters. The van der Waals surface area contributed by atoms with Crippen LogP contribution in [0, 0.1) is 17.8 Å². The number of hydrogen-bond donors (Lipinski definition) is 0. The molecule has 1 saturated carbocycles. The highest BCUT2D eigenvalue weighted by molar-refractivity contribution is 6.17. The predicted octanol–water partition coefficient (Wildman–Crippen LogP) is 2.80. The van der Waals surface area contributed by atoms with Crippen LogP contribution in [0.15, 0.2) is 0 Å². The quantitative estimate of drug-likeness (QED) is 0.511. The highest BCUT2D eigenvalue weighted by Gasteiger charge is 2.29. The molecular weight excluding hydrogens is 188 g/mol. The summed E-state index contributed by atoms with van der Waals surface area (Å²) >= 11 is 5.35. The molecule has 0 radical (unpaired) electrons. The lowest BCUT2D eigenvalue weighted by Crippen LogP contribution is -2.27. The molecule has 1 aliphatic carbocycles. The Balaban J connectivity index is 2.45. The molecule has 0 aromatic rings. The maximum absolute atomic E-state index is 11.4. The van der Waals surface area contributed by atoms with E-state index in [9.17, 15) is 4.79 Å². The van der Waals surface area contributed by atoms with Gasteiger partial charge in [-0.3, -0.25) is 4.79 Å². The minimum absolute atomic E-state index is 0.0158. The summed E-state index contributed by atoms with van der Waals surface area (Å²) in [6.45, 7) is 4.38. The van der Waals surface area contributed by atoms with E-state index in [-0.39, 0.29) is 18.0 Å². The van der Waals surface area contributed by atoms with E-state index in [4.69, 9.17) is 16.3 Å². The summed E-state index contributed by atoms with van der Waals surface area (Å²) in [6, 6.07) is -0.0158. The number of carbonyl (C=O) groups is 1. The monoisotopic (exact) mass is 204 g/mol. The van der Waals surface area contributed by atoms with Gasteiger partial charge in [-0.15, -0.1) is 0 Å². The molecule has 1 rings (SSSR count). The third kappa shape index (κ3) is 3.18. The second-order valence-electron chi connectivity index (χ2n) is 4.19. The van der Waals surface area contributed by atoms with Crippen LogP contribution in [0.1, 0.15) is 33.1 Å². The van der Waals surface area contributed by atoms with Crippen LogP contribution < -0.4 is 0 Å². The molecule has 0 bridgehead atoms. The van der Waals surface area contributed by atoms with Crippen molar-refractivity contribution in [2.75, 3.05) is 6.07 Å².